The quantitative estimate of drug-likeness (QED) is 0.430. The zero-order valence-corrected chi connectivity index (χ0v) is 13.0. The van der Waals surface area contributed by atoms with E-state index in [-0.39, 0.29) is 18.8 Å². The Kier molecular flexibility index (Phi) is 6.69. The van der Waals surface area contributed by atoms with Gasteiger partial charge in [-0.15, -0.1) is 0 Å². The molecule has 0 amide bonds. The summed E-state index contributed by atoms with van der Waals surface area (Å²) in [5.74, 6) is -1.15. The molecule has 22 heavy (non-hydrogen) atoms. The lowest BCUT2D eigenvalue weighted by Crippen LogP contribution is -2.27. The Morgan fingerprint density at radius 2 is 1.82 bits per heavy atom. The molecule has 5 nitrogen and oxygen atoms in total. The second-order valence-electron chi connectivity index (χ2n) is 4.22. The number of alkyl halides is 3. The average molecular weight is 382 g/mol. The van der Waals surface area contributed by atoms with E-state index in [1.54, 1.807) is 0 Å². The van der Waals surface area contributed by atoms with Gasteiger partial charge in [0.2, 0.25) is 0 Å². The maximum absolute atomic E-state index is 12.4. The molecule has 1 aromatic rings. The van der Waals surface area contributed by atoms with Crippen LogP contribution in [0.4, 0.5) is 18.9 Å². The Morgan fingerprint density at radius 3 is 2.27 bits per heavy atom. The molecule has 0 aliphatic carbocycles. The lowest BCUT2D eigenvalue weighted by molar-refractivity contribution is -0.137. The number of rotatable bonds is 7. The molecule has 0 radical (unpaired) electrons. The number of nitrogens with one attached hydrogen (secondary N) is 2. The highest BCUT2D eigenvalue weighted by molar-refractivity contribution is 9.11. The standard InChI is InChI=1S/C13H15BrF3N3O2/c14-10(7-18)11(12(21)22)20-6-5-19-9-3-1-8(2-4-9)13(15,16)17/h1-4,19-20H,5-7,18H2,(H,21,22). The minimum Gasteiger partial charge on any atom is -0.477 e. The van der Waals surface area contributed by atoms with Crippen LogP contribution in [0.2, 0.25) is 0 Å². The van der Waals surface area contributed by atoms with Crippen molar-refractivity contribution < 1.29 is 23.1 Å². The molecule has 0 atom stereocenters. The van der Waals surface area contributed by atoms with E-state index in [2.05, 4.69) is 26.6 Å². The molecule has 0 bridgehead atoms. The van der Waals surface area contributed by atoms with Crippen LogP contribution in [0.1, 0.15) is 5.56 Å². The first kappa shape index (κ1) is 18.3. The third-order valence-corrected chi connectivity index (χ3v) is 3.35. The van der Waals surface area contributed by atoms with Gasteiger partial charge in [-0.1, -0.05) is 15.9 Å². The van der Waals surface area contributed by atoms with E-state index in [4.69, 9.17) is 10.8 Å². The molecule has 0 saturated carbocycles. The third-order valence-electron chi connectivity index (χ3n) is 2.63. The Labute approximate surface area is 133 Å². The molecule has 0 saturated heterocycles. The lowest BCUT2D eigenvalue weighted by atomic mass is 10.2. The normalized spacial score (nSPS) is 12.6. The Bertz CT molecular complexity index is 544. The summed E-state index contributed by atoms with van der Waals surface area (Å²) in [5.41, 5.74) is 5.08. The van der Waals surface area contributed by atoms with Crippen molar-refractivity contribution in [3.05, 3.63) is 40.0 Å². The van der Waals surface area contributed by atoms with E-state index in [0.29, 0.717) is 16.7 Å². The number of benzene rings is 1. The third kappa shape index (κ3) is 5.57. The van der Waals surface area contributed by atoms with Crippen LogP contribution in [0.15, 0.2) is 34.4 Å². The van der Waals surface area contributed by atoms with E-state index in [1.165, 1.54) is 12.1 Å². The number of nitrogens with two attached hydrogens (primary N) is 1. The molecule has 0 heterocycles. The van der Waals surface area contributed by atoms with Gasteiger partial charge in [0.1, 0.15) is 5.70 Å². The number of carbonyl (C=O) groups is 1. The number of hydrogen-bond acceptors (Lipinski definition) is 4. The van der Waals surface area contributed by atoms with Gasteiger partial charge in [0, 0.05) is 29.8 Å². The van der Waals surface area contributed by atoms with Gasteiger partial charge >= 0.3 is 12.1 Å². The largest absolute Gasteiger partial charge is 0.477 e. The first-order valence-electron chi connectivity index (χ1n) is 6.22. The first-order valence-corrected chi connectivity index (χ1v) is 7.02. The van der Waals surface area contributed by atoms with Crippen molar-refractivity contribution in [3.8, 4) is 0 Å². The molecule has 0 aliphatic heterocycles. The maximum atomic E-state index is 12.4. The molecule has 1 aromatic carbocycles. The predicted molar refractivity (Wildman–Crippen MR) is 80.6 cm³/mol. The Balaban J connectivity index is 2.50. The molecule has 122 valence electrons. The molecular weight excluding hydrogens is 367 g/mol. The predicted octanol–water partition coefficient (Wildman–Crippen LogP) is 2.36. The monoisotopic (exact) mass is 381 g/mol. The van der Waals surface area contributed by atoms with Crippen LogP contribution in [0.25, 0.3) is 0 Å². The topological polar surface area (TPSA) is 87.4 Å². The van der Waals surface area contributed by atoms with E-state index in [1.807, 2.05) is 0 Å². The van der Waals surface area contributed by atoms with Gasteiger partial charge in [0.25, 0.3) is 0 Å². The van der Waals surface area contributed by atoms with Crippen molar-refractivity contribution in [2.45, 2.75) is 6.18 Å². The van der Waals surface area contributed by atoms with Crippen LogP contribution < -0.4 is 16.4 Å². The van der Waals surface area contributed by atoms with E-state index >= 15 is 0 Å². The van der Waals surface area contributed by atoms with Gasteiger partial charge in [-0.2, -0.15) is 13.2 Å². The van der Waals surface area contributed by atoms with Gasteiger partial charge < -0.3 is 21.5 Å². The highest BCUT2D eigenvalue weighted by Gasteiger charge is 2.29. The summed E-state index contributed by atoms with van der Waals surface area (Å²) < 4.78 is 37.5. The molecule has 0 aliphatic rings. The van der Waals surface area contributed by atoms with E-state index in [9.17, 15) is 18.0 Å². The van der Waals surface area contributed by atoms with E-state index < -0.39 is 17.7 Å². The summed E-state index contributed by atoms with van der Waals surface area (Å²) in [6, 6.07) is 4.58. The summed E-state index contributed by atoms with van der Waals surface area (Å²) in [6.07, 6.45) is -4.37. The fourth-order valence-corrected chi connectivity index (χ4v) is 1.87. The fourth-order valence-electron chi connectivity index (χ4n) is 1.56. The fraction of sp³-hybridized carbons (Fsp3) is 0.308. The van der Waals surface area contributed by atoms with Crippen LogP contribution in [-0.2, 0) is 11.0 Å². The number of anilines is 1. The molecule has 5 N–H and O–H groups in total. The Hall–Kier alpha value is -1.74. The van der Waals surface area contributed by atoms with Crippen LogP contribution in [0.5, 0.6) is 0 Å². The number of carboxylic acid groups (broad SMARTS) is 1. The molecular formula is C13H15BrF3N3O2. The van der Waals surface area contributed by atoms with Gasteiger partial charge in [0.15, 0.2) is 0 Å². The molecule has 0 spiro atoms. The first-order chi connectivity index (χ1) is 10.3. The number of carboxylic acids is 1. The second kappa shape index (κ2) is 8.04. The van der Waals surface area contributed by atoms with Gasteiger partial charge in [-0.05, 0) is 24.3 Å². The molecule has 0 aromatic heterocycles. The minimum absolute atomic E-state index is 0.0426. The van der Waals surface area contributed by atoms with Crippen LogP contribution in [0.3, 0.4) is 0 Å². The zero-order chi connectivity index (χ0) is 16.8. The van der Waals surface area contributed by atoms with Gasteiger partial charge in [-0.25, -0.2) is 4.79 Å². The summed E-state index contributed by atoms with van der Waals surface area (Å²) >= 11 is 3.05. The average Bonchev–Trinajstić information content (AvgIpc) is 2.45. The van der Waals surface area contributed by atoms with Crippen LogP contribution in [-0.4, -0.2) is 30.7 Å². The van der Waals surface area contributed by atoms with Crippen LogP contribution >= 0.6 is 15.9 Å². The number of hydrogen-bond donors (Lipinski definition) is 4. The van der Waals surface area contributed by atoms with Gasteiger partial charge in [-0.3, -0.25) is 0 Å². The molecule has 0 unspecified atom stereocenters. The van der Waals surface area contributed by atoms with Crippen molar-refractivity contribution in [3.63, 3.8) is 0 Å². The van der Waals surface area contributed by atoms with Crippen LogP contribution in [0, 0.1) is 0 Å². The highest BCUT2D eigenvalue weighted by Crippen LogP contribution is 2.29. The van der Waals surface area contributed by atoms with Crippen molar-refractivity contribution in [2.75, 3.05) is 25.0 Å². The number of halogens is 4. The summed E-state index contributed by atoms with van der Waals surface area (Å²) in [5, 5.41) is 14.5. The van der Waals surface area contributed by atoms with Crippen molar-refractivity contribution in [1.82, 2.24) is 5.32 Å². The van der Waals surface area contributed by atoms with Crippen molar-refractivity contribution >= 4 is 27.6 Å². The summed E-state index contributed by atoms with van der Waals surface area (Å²) in [4.78, 5) is 11.0. The number of aliphatic carboxylic acids is 1. The highest BCUT2D eigenvalue weighted by atomic mass is 79.9. The van der Waals surface area contributed by atoms with Crippen molar-refractivity contribution in [1.29, 1.82) is 0 Å². The van der Waals surface area contributed by atoms with Crippen molar-refractivity contribution in [2.24, 2.45) is 5.73 Å². The van der Waals surface area contributed by atoms with E-state index in [0.717, 1.165) is 12.1 Å². The lowest BCUT2D eigenvalue weighted by Gasteiger charge is -2.12. The Morgan fingerprint density at radius 1 is 1.23 bits per heavy atom. The molecule has 1 rings (SSSR count). The SMILES string of the molecule is NCC(Br)=C(NCCNc1ccc(C(F)(F)F)cc1)C(=O)O. The summed E-state index contributed by atoms with van der Waals surface area (Å²) in [7, 11) is 0. The second-order valence-corrected chi connectivity index (χ2v) is 5.18. The smallest absolute Gasteiger partial charge is 0.416 e. The molecule has 9 heteroatoms. The minimum atomic E-state index is -4.37. The maximum Gasteiger partial charge on any atom is 0.416 e. The molecule has 0 fully saturated rings. The summed E-state index contributed by atoms with van der Waals surface area (Å²) in [6.45, 7) is 0.631. The zero-order valence-electron chi connectivity index (χ0n) is 11.4. The van der Waals surface area contributed by atoms with Gasteiger partial charge in [0.05, 0.1) is 5.56 Å².